The third-order valence-electron chi connectivity index (χ3n) is 3.31. The molecule has 2 aromatic heterocycles. The summed E-state index contributed by atoms with van der Waals surface area (Å²) in [7, 11) is 0. The van der Waals surface area contributed by atoms with Gasteiger partial charge < -0.3 is 14.7 Å². The Kier molecular flexibility index (Phi) is 5.39. The molecule has 3 rings (SSSR count). The minimum absolute atomic E-state index is 0.220. The molecule has 0 saturated carbocycles. The van der Waals surface area contributed by atoms with Gasteiger partial charge in [-0.05, 0) is 39.8 Å². The molecule has 0 radical (unpaired) electrons. The number of imide groups is 1. The van der Waals surface area contributed by atoms with Crippen molar-refractivity contribution in [2.24, 2.45) is 0 Å². The molecule has 0 atom stereocenters. The summed E-state index contributed by atoms with van der Waals surface area (Å²) in [4.78, 5) is 44.2. The molecule has 0 aliphatic carbocycles. The Balaban J connectivity index is 1.55. The van der Waals surface area contributed by atoms with E-state index in [4.69, 9.17) is 4.42 Å². The van der Waals surface area contributed by atoms with Crippen molar-refractivity contribution < 1.29 is 18.8 Å². The average Bonchev–Trinajstić information content (AvgIpc) is 3.27. The summed E-state index contributed by atoms with van der Waals surface area (Å²) in [5.41, 5.74) is 0.888. The molecule has 130 valence electrons. The van der Waals surface area contributed by atoms with Gasteiger partial charge in [0.25, 0.3) is 11.1 Å². The van der Waals surface area contributed by atoms with E-state index < -0.39 is 17.1 Å². The van der Waals surface area contributed by atoms with E-state index in [0.29, 0.717) is 23.4 Å². The molecule has 0 bridgehead atoms. The number of nitrogens with one attached hydrogen (secondary N) is 2. The fourth-order valence-electron chi connectivity index (χ4n) is 2.13. The lowest BCUT2D eigenvalue weighted by atomic mass is 10.3. The number of amides is 3. The molecule has 3 heterocycles. The Labute approximate surface area is 155 Å². The standard InChI is InChI=1S/C15H13BrN4O4S/c16-12-2-1-10(24-12)5-11-14(22)20(15(23)25-11)7-13(21)18-4-3-9-6-17-8-19-9/h1-2,5-6,8H,3-4,7H2,(H,17,19)(H,18,21). The maximum Gasteiger partial charge on any atom is 0.294 e. The molecule has 1 fully saturated rings. The first-order chi connectivity index (χ1) is 12.0. The van der Waals surface area contributed by atoms with Crippen molar-refractivity contribution >= 4 is 50.8 Å². The third-order valence-corrected chi connectivity index (χ3v) is 4.65. The molecule has 10 heteroatoms. The first-order valence-electron chi connectivity index (χ1n) is 7.27. The summed E-state index contributed by atoms with van der Waals surface area (Å²) in [6.07, 6.45) is 5.29. The van der Waals surface area contributed by atoms with E-state index in [9.17, 15) is 14.4 Å². The van der Waals surface area contributed by atoms with Gasteiger partial charge in [0.05, 0.1) is 11.2 Å². The number of aromatic nitrogens is 2. The summed E-state index contributed by atoms with van der Waals surface area (Å²) in [5, 5.41) is 2.19. The summed E-state index contributed by atoms with van der Waals surface area (Å²) in [6.45, 7) is 0.0698. The zero-order valence-corrected chi connectivity index (χ0v) is 15.2. The van der Waals surface area contributed by atoms with Gasteiger partial charge in [-0.15, -0.1) is 0 Å². The molecule has 2 N–H and O–H groups in total. The number of hydrogen-bond acceptors (Lipinski definition) is 6. The average molecular weight is 425 g/mol. The second-order valence-electron chi connectivity index (χ2n) is 5.09. The van der Waals surface area contributed by atoms with Crippen molar-refractivity contribution in [2.45, 2.75) is 6.42 Å². The van der Waals surface area contributed by atoms with E-state index in [0.717, 1.165) is 22.4 Å². The van der Waals surface area contributed by atoms with Crippen LogP contribution in [-0.2, 0) is 16.0 Å². The smallest absolute Gasteiger partial charge is 0.294 e. The van der Waals surface area contributed by atoms with E-state index in [2.05, 4.69) is 31.2 Å². The quantitative estimate of drug-likeness (QED) is 0.687. The summed E-state index contributed by atoms with van der Waals surface area (Å²) in [6, 6.07) is 3.35. The highest BCUT2D eigenvalue weighted by atomic mass is 79.9. The van der Waals surface area contributed by atoms with E-state index >= 15 is 0 Å². The van der Waals surface area contributed by atoms with Crippen LogP contribution in [0.4, 0.5) is 4.79 Å². The van der Waals surface area contributed by atoms with Crippen LogP contribution in [0.3, 0.4) is 0 Å². The predicted octanol–water partition coefficient (Wildman–Crippen LogP) is 2.16. The fraction of sp³-hybridized carbons (Fsp3) is 0.200. The van der Waals surface area contributed by atoms with Gasteiger partial charge in [-0.1, -0.05) is 0 Å². The lowest BCUT2D eigenvalue weighted by Gasteiger charge is -2.12. The van der Waals surface area contributed by atoms with Gasteiger partial charge in [0.1, 0.15) is 12.3 Å². The van der Waals surface area contributed by atoms with Crippen molar-refractivity contribution in [3.8, 4) is 0 Å². The fourth-order valence-corrected chi connectivity index (χ4v) is 3.27. The van der Waals surface area contributed by atoms with Gasteiger partial charge in [0.2, 0.25) is 5.91 Å². The number of nitrogens with zero attached hydrogens (tertiary/aromatic N) is 2. The molecule has 0 aromatic carbocycles. The number of furan rings is 1. The van der Waals surface area contributed by atoms with Crippen molar-refractivity contribution in [3.63, 3.8) is 0 Å². The number of aromatic amines is 1. The molecule has 1 saturated heterocycles. The lowest BCUT2D eigenvalue weighted by molar-refractivity contribution is -0.129. The maximum atomic E-state index is 12.3. The van der Waals surface area contributed by atoms with Crippen LogP contribution in [0.5, 0.6) is 0 Å². The molecule has 0 spiro atoms. The molecule has 8 nitrogen and oxygen atoms in total. The van der Waals surface area contributed by atoms with Gasteiger partial charge in [-0.25, -0.2) is 4.98 Å². The van der Waals surface area contributed by atoms with Crippen LogP contribution in [0.1, 0.15) is 11.5 Å². The Morgan fingerprint density at radius 3 is 2.96 bits per heavy atom. The molecule has 1 aliphatic heterocycles. The van der Waals surface area contributed by atoms with Gasteiger partial charge >= 0.3 is 0 Å². The number of carbonyl (C=O) groups is 3. The Morgan fingerprint density at radius 1 is 1.44 bits per heavy atom. The first kappa shape index (κ1) is 17.5. The highest BCUT2D eigenvalue weighted by molar-refractivity contribution is 9.10. The summed E-state index contributed by atoms with van der Waals surface area (Å²) >= 11 is 3.95. The number of H-pyrrole nitrogens is 1. The van der Waals surface area contributed by atoms with E-state index in [1.807, 2.05) is 0 Å². The summed E-state index contributed by atoms with van der Waals surface area (Å²) in [5.74, 6) is -0.462. The number of hydrogen-bond donors (Lipinski definition) is 2. The zero-order valence-electron chi connectivity index (χ0n) is 12.8. The molecule has 25 heavy (non-hydrogen) atoms. The van der Waals surface area contributed by atoms with Crippen LogP contribution in [0.25, 0.3) is 6.08 Å². The van der Waals surface area contributed by atoms with Crippen LogP contribution in [0.2, 0.25) is 0 Å². The monoisotopic (exact) mass is 424 g/mol. The minimum Gasteiger partial charge on any atom is -0.450 e. The Morgan fingerprint density at radius 2 is 2.28 bits per heavy atom. The second kappa shape index (κ2) is 7.70. The van der Waals surface area contributed by atoms with Crippen molar-refractivity contribution in [1.82, 2.24) is 20.2 Å². The van der Waals surface area contributed by atoms with Crippen LogP contribution in [-0.4, -0.2) is 45.0 Å². The van der Waals surface area contributed by atoms with Crippen LogP contribution in [0, 0.1) is 0 Å². The van der Waals surface area contributed by atoms with Gasteiger partial charge in [0.15, 0.2) is 4.67 Å². The topological polar surface area (TPSA) is 108 Å². The molecule has 1 aliphatic rings. The van der Waals surface area contributed by atoms with Gasteiger partial charge in [-0.2, -0.15) is 0 Å². The number of rotatable bonds is 6. The van der Waals surface area contributed by atoms with Crippen LogP contribution in [0.15, 0.2) is 38.6 Å². The molecule has 3 amide bonds. The Bertz CT molecular complexity index is 830. The Hall–Kier alpha value is -2.33. The maximum absolute atomic E-state index is 12.3. The van der Waals surface area contributed by atoms with Crippen LogP contribution < -0.4 is 5.32 Å². The third kappa shape index (κ3) is 4.40. The van der Waals surface area contributed by atoms with Gasteiger partial charge in [-0.3, -0.25) is 19.3 Å². The first-order valence-corrected chi connectivity index (χ1v) is 8.88. The van der Waals surface area contributed by atoms with Crippen molar-refractivity contribution in [1.29, 1.82) is 0 Å². The largest absolute Gasteiger partial charge is 0.450 e. The number of halogens is 1. The van der Waals surface area contributed by atoms with E-state index in [-0.39, 0.29) is 11.4 Å². The lowest BCUT2D eigenvalue weighted by Crippen LogP contribution is -2.40. The second-order valence-corrected chi connectivity index (χ2v) is 6.86. The molecule has 2 aromatic rings. The van der Waals surface area contributed by atoms with E-state index in [1.165, 1.54) is 6.08 Å². The van der Waals surface area contributed by atoms with E-state index in [1.54, 1.807) is 24.7 Å². The highest BCUT2D eigenvalue weighted by Crippen LogP contribution is 2.32. The normalized spacial score (nSPS) is 16.0. The van der Waals surface area contributed by atoms with Crippen molar-refractivity contribution in [3.05, 3.63) is 45.7 Å². The zero-order chi connectivity index (χ0) is 17.8. The van der Waals surface area contributed by atoms with Crippen LogP contribution >= 0.6 is 27.7 Å². The minimum atomic E-state index is -0.508. The predicted molar refractivity (Wildman–Crippen MR) is 94.4 cm³/mol. The summed E-state index contributed by atoms with van der Waals surface area (Å²) < 4.78 is 5.81. The highest BCUT2D eigenvalue weighted by Gasteiger charge is 2.36. The molecular weight excluding hydrogens is 412 g/mol. The molecular formula is C15H13BrN4O4S. The number of thioether (sulfide) groups is 1. The SMILES string of the molecule is O=C(CN1C(=O)SC(=Cc2ccc(Br)o2)C1=O)NCCc1cnc[nH]1. The van der Waals surface area contributed by atoms with Gasteiger partial charge in [0, 0.05) is 30.9 Å². The molecule has 0 unspecified atom stereocenters. The van der Waals surface area contributed by atoms with Crippen molar-refractivity contribution in [2.75, 3.05) is 13.1 Å². The number of carbonyl (C=O) groups excluding carboxylic acids is 3. The number of imidazole rings is 1.